The molecule has 16 rings (SSSR count). The smallest absolute Gasteiger partial charge is 0.252 e. The second-order valence-corrected chi connectivity index (χ2v) is 20.6. The van der Waals surface area contributed by atoms with Gasteiger partial charge in [0.25, 0.3) is 6.71 Å². The average Bonchev–Trinajstić information content (AvgIpc) is 4.08. The molecule has 12 aromatic rings. The Morgan fingerprint density at radius 2 is 0.889 bits per heavy atom. The maximum absolute atomic E-state index is 2.63. The summed E-state index contributed by atoms with van der Waals surface area (Å²) in [5, 5.41) is 2.62. The second-order valence-electron chi connectivity index (χ2n) is 19.5. The van der Waals surface area contributed by atoms with Gasteiger partial charge in [-0.2, -0.15) is 0 Å². The number of nitrogens with zero attached hydrogens (tertiary/aromatic N) is 3. The Morgan fingerprint density at radius 1 is 0.347 bits per heavy atom. The Bertz CT molecular complexity index is 4130. The van der Waals surface area contributed by atoms with Crippen LogP contribution in [-0.2, 0) is 5.41 Å². The van der Waals surface area contributed by atoms with E-state index in [1.54, 1.807) is 0 Å². The summed E-state index contributed by atoms with van der Waals surface area (Å²) in [5.74, 6) is 0. The van der Waals surface area contributed by atoms with Crippen molar-refractivity contribution in [1.29, 1.82) is 0 Å². The van der Waals surface area contributed by atoms with Gasteiger partial charge in [-0.25, -0.2) is 0 Å². The van der Waals surface area contributed by atoms with Crippen molar-refractivity contribution in [3.8, 4) is 22.3 Å². The lowest BCUT2D eigenvalue weighted by molar-refractivity contribution is 0.794. The van der Waals surface area contributed by atoms with Gasteiger partial charge >= 0.3 is 0 Å². The molecule has 0 amide bonds. The van der Waals surface area contributed by atoms with Crippen molar-refractivity contribution in [2.24, 2.45) is 0 Å². The summed E-state index contributed by atoms with van der Waals surface area (Å²) in [6, 6.07) is 95.4. The Labute approximate surface area is 422 Å². The molecule has 0 saturated heterocycles. The van der Waals surface area contributed by atoms with E-state index in [1.807, 2.05) is 11.3 Å². The Morgan fingerprint density at radius 3 is 1.64 bits per heavy atom. The van der Waals surface area contributed by atoms with Crippen molar-refractivity contribution in [2.75, 3.05) is 14.7 Å². The van der Waals surface area contributed by atoms with Gasteiger partial charge in [-0.15, -0.1) is 11.3 Å². The third-order valence-electron chi connectivity index (χ3n) is 16.0. The highest BCUT2D eigenvalue weighted by Gasteiger charge is 2.53. The lowest BCUT2D eigenvalue weighted by atomic mass is 9.33. The molecule has 334 valence electrons. The summed E-state index contributed by atoms with van der Waals surface area (Å²) >= 11 is 1.88. The Balaban J connectivity index is 0.989. The Kier molecular flexibility index (Phi) is 8.34. The largest absolute Gasteiger partial charge is 0.311 e. The third-order valence-corrected chi connectivity index (χ3v) is 17.2. The first-order valence-corrected chi connectivity index (χ1v) is 25.8. The fourth-order valence-corrected chi connectivity index (χ4v) is 14.5. The van der Waals surface area contributed by atoms with E-state index < -0.39 is 5.41 Å². The van der Waals surface area contributed by atoms with E-state index in [0.29, 0.717) is 0 Å². The van der Waals surface area contributed by atoms with Crippen molar-refractivity contribution in [3.63, 3.8) is 0 Å². The van der Waals surface area contributed by atoms with Gasteiger partial charge in [0.15, 0.2) is 0 Å². The van der Waals surface area contributed by atoms with Crippen LogP contribution in [0.4, 0.5) is 51.2 Å². The fraction of sp³-hybridized carbons (Fsp3) is 0.0149. The highest BCUT2D eigenvalue weighted by Crippen LogP contribution is 2.65. The first kappa shape index (κ1) is 39.9. The van der Waals surface area contributed by atoms with Crippen molar-refractivity contribution in [2.45, 2.75) is 5.41 Å². The van der Waals surface area contributed by atoms with Gasteiger partial charge in [0.05, 0.1) is 11.1 Å². The van der Waals surface area contributed by atoms with Crippen LogP contribution in [0.15, 0.2) is 255 Å². The predicted octanol–water partition coefficient (Wildman–Crippen LogP) is 16.0. The number of hydrogen-bond acceptors (Lipinski definition) is 4. The summed E-state index contributed by atoms with van der Waals surface area (Å²) in [6.07, 6.45) is 0. The zero-order valence-electron chi connectivity index (χ0n) is 39.1. The summed E-state index contributed by atoms with van der Waals surface area (Å²) in [7, 11) is 0. The van der Waals surface area contributed by atoms with Crippen LogP contribution in [0.2, 0.25) is 0 Å². The molecule has 2 aliphatic carbocycles. The van der Waals surface area contributed by atoms with Crippen LogP contribution < -0.4 is 31.1 Å². The molecule has 5 heteroatoms. The fourth-order valence-electron chi connectivity index (χ4n) is 13.3. The van der Waals surface area contributed by atoms with E-state index in [9.17, 15) is 0 Å². The molecule has 2 aliphatic heterocycles. The molecule has 0 saturated carbocycles. The SMILES string of the molecule is c1ccc(N(c2ccccc2)c2ccc3c(c2)N(c2cccc4c2-c2ccccc2C42c4ccccc4-c4ccccc42)c2cccc4c2B3c2ccccc2N4c2ccc3c(c2)sc2ccccc23)cc1. The molecule has 72 heavy (non-hydrogen) atoms. The molecule has 4 aliphatic rings. The normalized spacial score (nSPS) is 13.9. The molecule has 0 atom stereocenters. The molecule has 0 radical (unpaired) electrons. The zero-order valence-corrected chi connectivity index (χ0v) is 39.9. The third kappa shape index (κ3) is 5.30. The summed E-state index contributed by atoms with van der Waals surface area (Å²) in [5.41, 5.74) is 24.4. The topological polar surface area (TPSA) is 9.72 Å². The highest BCUT2D eigenvalue weighted by atomic mass is 32.1. The number of anilines is 9. The molecular weight excluding hydrogens is 890 g/mol. The zero-order chi connectivity index (χ0) is 47.1. The van der Waals surface area contributed by atoms with Crippen molar-refractivity contribution in [1.82, 2.24) is 0 Å². The van der Waals surface area contributed by atoms with Gasteiger partial charge in [0, 0.05) is 71.2 Å². The van der Waals surface area contributed by atoms with E-state index in [-0.39, 0.29) is 6.71 Å². The minimum Gasteiger partial charge on any atom is -0.311 e. The van der Waals surface area contributed by atoms with Crippen LogP contribution in [0, 0.1) is 0 Å². The average molecular weight is 932 g/mol. The van der Waals surface area contributed by atoms with Gasteiger partial charge in [-0.3, -0.25) is 0 Å². The van der Waals surface area contributed by atoms with E-state index in [0.717, 1.165) is 22.7 Å². The van der Waals surface area contributed by atoms with Crippen LogP contribution in [0.1, 0.15) is 22.3 Å². The van der Waals surface area contributed by atoms with Gasteiger partial charge in [0.1, 0.15) is 0 Å². The summed E-state index contributed by atoms with van der Waals surface area (Å²) in [6.45, 7) is -0.0251. The number of thiophene rings is 1. The first-order valence-electron chi connectivity index (χ1n) is 25.0. The number of fused-ring (bicyclic) bond motifs is 17. The van der Waals surface area contributed by atoms with Gasteiger partial charge in [0.2, 0.25) is 0 Å². The van der Waals surface area contributed by atoms with Gasteiger partial charge in [-0.1, -0.05) is 176 Å². The molecular formula is C67H42BN3S. The first-order chi connectivity index (χ1) is 35.8. The lowest BCUT2D eigenvalue weighted by Gasteiger charge is -2.44. The van der Waals surface area contributed by atoms with Crippen molar-refractivity contribution < 1.29 is 0 Å². The van der Waals surface area contributed by atoms with E-state index >= 15 is 0 Å². The maximum Gasteiger partial charge on any atom is 0.252 e. The predicted molar refractivity (Wildman–Crippen MR) is 304 cm³/mol. The van der Waals surface area contributed by atoms with Crippen molar-refractivity contribution >= 4 is 106 Å². The van der Waals surface area contributed by atoms with E-state index in [4.69, 9.17) is 0 Å². The highest BCUT2D eigenvalue weighted by molar-refractivity contribution is 7.25. The number of rotatable bonds is 5. The molecule has 1 aromatic heterocycles. The quantitative estimate of drug-likeness (QED) is 0.159. The second kappa shape index (κ2) is 15.1. The lowest BCUT2D eigenvalue weighted by Crippen LogP contribution is -2.61. The van der Waals surface area contributed by atoms with Crippen LogP contribution in [0.25, 0.3) is 42.4 Å². The van der Waals surface area contributed by atoms with E-state index in [1.165, 1.54) is 110 Å². The molecule has 3 nitrogen and oxygen atoms in total. The van der Waals surface area contributed by atoms with Gasteiger partial charge < -0.3 is 14.7 Å². The molecule has 0 fully saturated rings. The molecule has 11 aromatic carbocycles. The molecule has 1 spiro atoms. The minimum atomic E-state index is -0.480. The van der Waals surface area contributed by atoms with Crippen LogP contribution >= 0.6 is 11.3 Å². The van der Waals surface area contributed by atoms with E-state index in [2.05, 4.69) is 269 Å². The van der Waals surface area contributed by atoms with Crippen LogP contribution in [0.3, 0.4) is 0 Å². The number of hydrogen-bond donors (Lipinski definition) is 0. The summed E-state index contributed by atoms with van der Waals surface area (Å²) < 4.78 is 2.61. The monoisotopic (exact) mass is 931 g/mol. The summed E-state index contributed by atoms with van der Waals surface area (Å²) in [4.78, 5) is 7.56. The number of para-hydroxylation sites is 3. The standard InChI is InChI=1S/C67H42BN3S/c1-3-19-43(20-4-1)69(44-21-5-2-6-22-44)45-38-40-57-62(41-45)71(59-33-17-30-55-65(59)51-26-9-13-29-54(51)67(55)52-27-11-7-23-47(52)48-24-8-12-28-53(48)67)61-35-18-34-60-66(61)68(57)56-31-14-15-32-58(56)70(60)46-37-39-50-49-25-10-16-36-63(49)72-64(50)42-46/h1-42H. The van der Waals surface area contributed by atoms with Crippen LogP contribution in [-0.4, -0.2) is 6.71 Å². The van der Waals surface area contributed by atoms with Gasteiger partial charge in [-0.05, 0) is 134 Å². The van der Waals surface area contributed by atoms with Crippen LogP contribution in [0.5, 0.6) is 0 Å². The molecule has 0 unspecified atom stereocenters. The minimum absolute atomic E-state index is 0.0251. The number of benzene rings is 11. The molecule has 0 bridgehead atoms. The maximum atomic E-state index is 2.63. The molecule has 3 heterocycles. The van der Waals surface area contributed by atoms with Crippen molar-refractivity contribution in [3.05, 3.63) is 277 Å². The Hall–Kier alpha value is -8.90. The molecule has 0 N–H and O–H groups in total.